The molecule has 1 aromatic heterocycles. The molecule has 1 nitrogen and oxygen atoms in total. The summed E-state index contributed by atoms with van der Waals surface area (Å²) in [4.78, 5) is 1.12. The van der Waals surface area contributed by atoms with Crippen molar-refractivity contribution in [3.05, 3.63) is 50.6 Å². The average Bonchev–Trinajstić information content (AvgIpc) is 2.81. The standard InChI is InChI=1S/C12H10BrClOS/c1-15-10-5-4-8(13)7-9(10)12(14)11-3-2-6-16-11/h2-7,12H,1H3. The van der Waals surface area contributed by atoms with Crippen LogP contribution in [0.15, 0.2) is 40.2 Å². The number of rotatable bonds is 3. The zero-order chi connectivity index (χ0) is 11.5. The second-order valence-corrected chi connectivity index (χ2v) is 5.60. The van der Waals surface area contributed by atoms with Crippen LogP contribution in [0.2, 0.25) is 0 Å². The highest BCUT2D eigenvalue weighted by Crippen LogP contribution is 2.38. The van der Waals surface area contributed by atoms with Crippen molar-refractivity contribution in [1.82, 2.24) is 0 Å². The lowest BCUT2D eigenvalue weighted by molar-refractivity contribution is 0.410. The third-order valence-corrected chi connectivity index (χ3v) is 4.29. The Hall–Kier alpha value is -0.510. The zero-order valence-electron chi connectivity index (χ0n) is 8.61. The fourth-order valence-electron chi connectivity index (χ4n) is 1.49. The van der Waals surface area contributed by atoms with Gasteiger partial charge in [-0.2, -0.15) is 0 Å². The second kappa shape index (κ2) is 5.21. The van der Waals surface area contributed by atoms with Gasteiger partial charge in [-0.15, -0.1) is 22.9 Å². The highest BCUT2D eigenvalue weighted by Gasteiger charge is 2.16. The van der Waals surface area contributed by atoms with Gasteiger partial charge < -0.3 is 4.74 Å². The van der Waals surface area contributed by atoms with Gasteiger partial charge in [0.05, 0.1) is 12.5 Å². The normalized spacial score (nSPS) is 12.4. The van der Waals surface area contributed by atoms with Crippen LogP contribution in [0, 0.1) is 0 Å². The average molecular weight is 318 g/mol. The van der Waals surface area contributed by atoms with E-state index in [1.807, 2.05) is 35.7 Å². The Morgan fingerprint density at radius 2 is 2.19 bits per heavy atom. The van der Waals surface area contributed by atoms with E-state index in [4.69, 9.17) is 16.3 Å². The van der Waals surface area contributed by atoms with E-state index < -0.39 is 0 Å². The molecule has 0 spiro atoms. The van der Waals surface area contributed by atoms with E-state index in [0.29, 0.717) is 0 Å². The molecule has 4 heteroatoms. The Bertz CT molecular complexity index is 470. The highest BCUT2D eigenvalue weighted by molar-refractivity contribution is 9.10. The van der Waals surface area contributed by atoms with E-state index in [2.05, 4.69) is 15.9 Å². The van der Waals surface area contributed by atoms with Gasteiger partial charge in [-0.05, 0) is 29.6 Å². The van der Waals surface area contributed by atoms with Gasteiger partial charge in [0, 0.05) is 14.9 Å². The molecule has 1 heterocycles. The van der Waals surface area contributed by atoms with Gasteiger partial charge in [0.15, 0.2) is 0 Å². The number of hydrogen-bond donors (Lipinski definition) is 0. The van der Waals surface area contributed by atoms with Crippen molar-refractivity contribution in [2.75, 3.05) is 7.11 Å². The molecule has 16 heavy (non-hydrogen) atoms. The van der Waals surface area contributed by atoms with Crippen LogP contribution in [0.25, 0.3) is 0 Å². The molecule has 0 N–H and O–H groups in total. The van der Waals surface area contributed by atoms with Crippen molar-refractivity contribution in [3.63, 3.8) is 0 Å². The fourth-order valence-corrected chi connectivity index (χ4v) is 2.99. The molecular weight excluding hydrogens is 308 g/mol. The summed E-state index contributed by atoms with van der Waals surface area (Å²) >= 11 is 11.5. The third-order valence-electron chi connectivity index (χ3n) is 2.26. The third kappa shape index (κ3) is 2.42. The second-order valence-electron chi connectivity index (χ2n) is 3.26. The van der Waals surface area contributed by atoms with E-state index >= 15 is 0 Å². The summed E-state index contributed by atoms with van der Waals surface area (Å²) in [5.41, 5.74) is 0.987. The minimum absolute atomic E-state index is 0.160. The topological polar surface area (TPSA) is 9.23 Å². The van der Waals surface area contributed by atoms with Crippen LogP contribution in [0.1, 0.15) is 15.8 Å². The molecular formula is C12H10BrClOS. The SMILES string of the molecule is COc1ccc(Br)cc1C(Cl)c1cccs1. The molecule has 0 bridgehead atoms. The van der Waals surface area contributed by atoms with E-state index in [1.54, 1.807) is 18.4 Å². The molecule has 2 rings (SSSR count). The molecule has 0 aliphatic rings. The molecule has 0 amide bonds. The molecule has 1 unspecified atom stereocenters. The van der Waals surface area contributed by atoms with Crippen molar-refractivity contribution >= 4 is 38.9 Å². The molecule has 2 aromatic rings. The predicted molar refractivity (Wildman–Crippen MR) is 72.7 cm³/mol. The number of alkyl halides is 1. The summed E-state index contributed by atoms with van der Waals surface area (Å²) < 4.78 is 6.32. The number of halogens is 2. The van der Waals surface area contributed by atoms with Gasteiger partial charge in [0.2, 0.25) is 0 Å². The monoisotopic (exact) mass is 316 g/mol. The molecule has 1 atom stereocenters. The molecule has 84 valence electrons. The molecule has 0 saturated carbocycles. The van der Waals surface area contributed by atoms with Gasteiger partial charge in [0.1, 0.15) is 5.75 Å². The maximum Gasteiger partial charge on any atom is 0.124 e. The Morgan fingerprint density at radius 1 is 1.38 bits per heavy atom. The van der Waals surface area contributed by atoms with Crippen LogP contribution in [0.4, 0.5) is 0 Å². The predicted octanol–water partition coefficient (Wildman–Crippen LogP) is 4.85. The molecule has 1 aromatic carbocycles. The summed E-state index contributed by atoms with van der Waals surface area (Å²) in [6.45, 7) is 0. The molecule has 0 fully saturated rings. The first kappa shape index (κ1) is 12.0. The van der Waals surface area contributed by atoms with Crippen molar-refractivity contribution < 1.29 is 4.74 Å². The van der Waals surface area contributed by atoms with Crippen LogP contribution in [-0.2, 0) is 0 Å². The molecule has 0 saturated heterocycles. The number of ether oxygens (including phenoxy) is 1. The van der Waals surface area contributed by atoms with E-state index in [1.165, 1.54) is 0 Å². The first-order chi connectivity index (χ1) is 7.72. The van der Waals surface area contributed by atoms with Gasteiger partial charge >= 0.3 is 0 Å². The van der Waals surface area contributed by atoms with Crippen LogP contribution < -0.4 is 4.74 Å². The number of methoxy groups -OCH3 is 1. The summed E-state index contributed by atoms with van der Waals surface area (Å²) in [5.74, 6) is 0.816. The van der Waals surface area contributed by atoms with Crippen molar-refractivity contribution in [3.8, 4) is 5.75 Å². The Kier molecular flexibility index (Phi) is 3.90. The summed E-state index contributed by atoms with van der Waals surface area (Å²) in [6.07, 6.45) is 0. The minimum atomic E-state index is -0.160. The quantitative estimate of drug-likeness (QED) is 0.736. The Morgan fingerprint density at radius 3 is 2.81 bits per heavy atom. The minimum Gasteiger partial charge on any atom is -0.496 e. The summed E-state index contributed by atoms with van der Waals surface area (Å²) in [5, 5.41) is 1.86. The van der Waals surface area contributed by atoms with Crippen LogP contribution in [0.5, 0.6) is 5.75 Å². The van der Waals surface area contributed by atoms with Gasteiger partial charge in [-0.1, -0.05) is 22.0 Å². The first-order valence-electron chi connectivity index (χ1n) is 4.73. The molecule has 0 radical (unpaired) electrons. The zero-order valence-corrected chi connectivity index (χ0v) is 11.8. The van der Waals surface area contributed by atoms with Crippen LogP contribution in [-0.4, -0.2) is 7.11 Å². The van der Waals surface area contributed by atoms with E-state index in [-0.39, 0.29) is 5.38 Å². The molecule has 0 aliphatic carbocycles. The number of hydrogen-bond acceptors (Lipinski definition) is 2. The van der Waals surface area contributed by atoms with Gasteiger partial charge in [-0.25, -0.2) is 0 Å². The maximum absolute atomic E-state index is 6.44. The Labute approximate surface area is 112 Å². The van der Waals surface area contributed by atoms with E-state index in [0.717, 1.165) is 20.7 Å². The van der Waals surface area contributed by atoms with Crippen molar-refractivity contribution in [2.24, 2.45) is 0 Å². The smallest absolute Gasteiger partial charge is 0.124 e. The first-order valence-corrected chi connectivity index (χ1v) is 6.84. The fraction of sp³-hybridized carbons (Fsp3) is 0.167. The highest BCUT2D eigenvalue weighted by atomic mass is 79.9. The van der Waals surface area contributed by atoms with Crippen molar-refractivity contribution in [1.29, 1.82) is 0 Å². The lowest BCUT2D eigenvalue weighted by Crippen LogP contribution is -1.95. The summed E-state index contributed by atoms with van der Waals surface area (Å²) in [7, 11) is 1.66. The summed E-state index contributed by atoms with van der Waals surface area (Å²) in [6, 6.07) is 9.89. The van der Waals surface area contributed by atoms with E-state index in [9.17, 15) is 0 Å². The van der Waals surface area contributed by atoms with Gasteiger partial charge in [0.25, 0.3) is 0 Å². The number of thiophene rings is 1. The van der Waals surface area contributed by atoms with Crippen molar-refractivity contribution in [2.45, 2.75) is 5.38 Å². The lowest BCUT2D eigenvalue weighted by Gasteiger charge is -2.13. The maximum atomic E-state index is 6.44. The van der Waals surface area contributed by atoms with Crippen LogP contribution in [0.3, 0.4) is 0 Å². The van der Waals surface area contributed by atoms with Gasteiger partial charge in [-0.3, -0.25) is 0 Å². The molecule has 0 aliphatic heterocycles. The Balaban J connectivity index is 2.42. The van der Waals surface area contributed by atoms with Crippen LogP contribution >= 0.6 is 38.9 Å². The lowest BCUT2D eigenvalue weighted by atomic mass is 10.1. The largest absolute Gasteiger partial charge is 0.496 e. The number of benzene rings is 1.